The first kappa shape index (κ1) is 28.4. The van der Waals surface area contributed by atoms with Crippen LogP contribution in [0.15, 0.2) is 46.0 Å². The molecule has 1 aromatic rings. The van der Waals surface area contributed by atoms with E-state index in [1.165, 1.54) is 19.1 Å². The summed E-state index contributed by atoms with van der Waals surface area (Å²) in [5.41, 5.74) is 0.456. The summed E-state index contributed by atoms with van der Waals surface area (Å²) in [5, 5.41) is 24.5. The molecule has 0 bridgehead atoms. The molecule has 1 saturated heterocycles. The molecule has 198 valence electrons. The second-order valence-electron chi connectivity index (χ2n) is 8.16. The topological polar surface area (TPSA) is 116 Å². The summed E-state index contributed by atoms with van der Waals surface area (Å²) in [6.45, 7) is 2.04. The van der Waals surface area contributed by atoms with Gasteiger partial charge in [-0.2, -0.15) is 0 Å². The highest BCUT2D eigenvalue weighted by Gasteiger charge is 2.38. The maximum atomic E-state index is 15.3. The lowest BCUT2D eigenvalue weighted by Gasteiger charge is -2.25. The molecule has 3 rings (SSSR count). The summed E-state index contributed by atoms with van der Waals surface area (Å²) in [6, 6.07) is 4.11. The number of hydroxylamine groups is 1. The van der Waals surface area contributed by atoms with Gasteiger partial charge in [0.25, 0.3) is 5.91 Å². The second kappa shape index (κ2) is 13.4. The van der Waals surface area contributed by atoms with Crippen molar-refractivity contribution >= 4 is 39.9 Å². The van der Waals surface area contributed by atoms with E-state index in [0.29, 0.717) is 10.1 Å². The van der Waals surface area contributed by atoms with Crippen LogP contribution in [0.2, 0.25) is 0 Å². The zero-order valence-corrected chi connectivity index (χ0v) is 21.7. The van der Waals surface area contributed by atoms with Crippen LogP contribution in [0.5, 0.6) is 0 Å². The average molecular weight is 624 g/mol. The Kier molecular flexibility index (Phi) is 10.5. The molecule has 1 amide bonds. The Morgan fingerprint density at radius 1 is 1.31 bits per heavy atom. The normalized spacial score (nSPS) is 21.9. The van der Waals surface area contributed by atoms with Crippen molar-refractivity contribution < 1.29 is 37.9 Å². The number of carbonyl (C=O) groups is 1. The number of oxime groups is 1. The van der Waals surface area contributed by atoms with E-state index in [-0.39, 0.29) is 49.3 Å². The lowest BCUT2D eigenvalue weighted by atomic mass is 9.91. The number of carbonyl (C=O) groups excluding carboxylic acids is 1. The number of anilines is 1. The van der Waals surface area contributed by atoms with Gasteiger partial charge in [-0.05, 0) is 72.7 Å². The Balaban J connectivity index is 1.86. The van der Waals surface area contributed by atoms with Crippen LogP contribution in [0.3, 0.4) is 0 Å². The van der Waals surface area contributed by atoms with Gasteiger partial charge >= 0.3 is 0 Å². The van der Waals surface area contributed by atoms with E-state index in [2.05, 4.69) is 16.0 Å². The second-order valence-corrected chi connectivity index (χ2v) is 9.41. The molecule has 0 saturated carbocycles. The van der Waals surface area contributed by atoms with Gasteiger partial charge in [-0.15, -0.1) is 0 Å². The fourth-order valence-corrected chi connectivity index (χ4v) is 4.45. The number of aliphatic hydroxyl groups is 2. The molecule has 1 fully saturated rings. The third kappa shape index (κ3) is 6.76. The minimum atomic E-state index is -2.37. The maximum Gasteiger partial charge on any atom is 0.277 e. The number of allylic oxidation sites excluding steroid dienone is 2. The molecule has 0 aromatic heterocycles. The molecule has 0 radical (unpaired) electrons. The highest BCUT2D eigenvalue weighted by molar-refractivity contribution is 14.1. The molecule has 1 aliphatic heterocycles. The van der Waals surface area contributed by atoms with E-state index in [9.17, 15) is 14.3 Å². The number of hydrogen-bond donors (Lipinski definition) is 4. The van der Waals surface area contributed by atoms with E-state index in [0.717, 1.165) is 19.4 Å². The van der Waals surface area contributed by atoms with Crippen LogP contribution < -0.4 is 10.8 Å². The van der Waals surface area contributed by atoms with Gasteiger partial charge < -0.3 is 20.4 Å². The first-order valence-electron chi connectivity index (χ1n) is 11.3. The fraction of sp³-hybridized carbons (Fsp3) is 0.478. The number of halogens is 4. The largest absolute Gasteiger partial charge is 0.395 e. The van der Waals surface area contributed by atoms with Crippen molar-refractivity contribution in [2.24, 2.45) is 5.16 Å². The molecule has 2 atom stereocenters. The van der Waals surface area contributed by atoms with Crippen LogP contribution in [0, 0.1) is 9.39 Å². The minimum absolute atomic E-state index is 0.0205. The van der Waals surface area contributed by atoms with Crippen molar-refractivity contribution in [1.82, 2.24) is 10.4 Å². The Bertz CT molecular complexity index is 1050. The summed E-state index contributed by atoms with van der Waals surface area (Å²) >= 11 is 1.90. The average Bonchev–Trinajstić information content (AvgIpc) is 3.31. The van der Waals surface area contributed by atoms with Gasteiger partial charge in [0.15, 0.2) is 12.0 Å². The van der Waals surface area contributed by atoms with E-state index in [1.54, 1.807) is 6.07 Å². The highest BCUT2D eigenvalue weighted by atomic mass is 127. The van der Waals surface area contributed by atoms with Crippen molar-refractivity contribution in [1.29, 1.82) is 0 Å². The first-order valence-corrected chi connectivity index (χ1v) is 12.4. The third-order valence-electron chi connectivity index (χ3n) is 5.83. The molecule has 1 aromatic carbocycles. The highest BCUT2D eigenvalue weighted by Crippen LogP contribution is 2.34. The summed E-state index contributed by atoms with van der Waals surface area (Å²) < 4.78 is 45.4. The lowest BCUT2D eigenvalue weighted by Crippen LogP contribution is -2.36. The third-order valence-corrected chi connectivity index (χ3v) is 6.50. The molecule has 1 aliphatic carbocycles. The van der Waals surface area contributed by atoms with Crippen LogP contribution in [0.1, 0.15) is 19.8 Å². The van der Waals surface area contributed by atoms with Crippen molar-refractivity contribution in [3.8, 4) is 0 Å². The Labute approximate surface area is 220 Å². The van der Waals surface area contributed by atoms with E-state index >= 15 is 8.78 Å². The van der Waals surface area contributed by atoms with Crippen molar-refractivity contribution in [3.05, 3.63) is 50.3 Å². The quantitative estimate of drug-likeness (QED) is 0.170. The van der Waals surface area contributed by atoms with Crippen LogP contribution >= 0.6 is 22.6 Å². The number of rotatable bonds is 11. The zero-order valence-electron chi connectivity index (χ0n) is 19.6. The number of nitrogens with zero attached hydrogens (tertiary/aromatic N) is 2. The molecular weight excluding hydrogens is 596 g/mol. The maximum absolute atomic E-state index is 15.3. The van der Waals surface area contributed by atoms with Crippen LogP contribution in [0.4, 0.5) is 18.9 Å². The number of alkyl halides is 1. The monoisotopic (exact) mass is 624 g/mol. The molecule has 2 aliphatic rings. The molecule has 9 nitrogen and oxygen atoms in total. The molecule has 36 heavy (non-hydrogen) atoms. The van der Waals surface area contributed by atoms with Gasteiger partial charge in [-0.1, -0.05) is 5.16 Å². The molecule has 1 heterocycles. The Morgan fingerprint density at radius 2 is 2.08 bits per heavy atom. The van der Waals surface area contributed by atoms with E-state index in [1.807, 2.05) is 27.5 Å². The Morgan fingerprint density at radius 3 is 2.78 bits per heavy atom. The standard InChI is InChI=1S/C23H28F3IN4O5/c1-13-18(23(34)30-36-10-8-32)22(28-17-5-4-14(27)11-16(17)24)20(26)19(25)21(13)29-35-9-7-31-6-2-3-15(31)12-33/h4-5,11,15,19,28,32-33H,2-3,6-10,12H2,1H3,(H,30,34)/b29-21+/t15-,19?/m0/s1. The zero-order chi connectivity index (χ0) is 26.2. The fourth-order valence-electron chi connectivity index (χ4n) is 4.00. The van der Waals surface area contributed by atoms with E-state index in [4.69, 9.17) is 14.8 Å². The molecule has 1 unspecified atom stereocenters. The van der Waals surface area contributed by atoms with Crippen molar-refractivity contribution in [2.75, 3.05) is 44.8 Å². The minimum Gasteiger partial charge on any atom is -0.395 e. The summed E-state index contributed by atoms with van der Waals surface area (Å²) in [7, 11) is 0. The van der Waals surface area contributed by atoms with Gasteiger partial charge in [0, 0.05) is 16.2 Å². The lowest BCUT2D eigenvalue weighted by molar-refractivity contribution is -0.130. The number of hydrogen-bond acceptors (Lipinski definition) is 8. The Hall–Kier alpha value is -2.20. The molecule has 13 heteroatoms. The van der Waals surface area contributed by atoms with Gasteiger partial charge in [0.05, 0.1) is 36.8 Å². The van der Waals surface area contributed by atoms with E-state index < -0.39 is 35.1 Å². The number of aliphatic hydroxyl groups excluding tert-OH is 2. The summed E-state index contributed by atoms with van der Waals surface area (Å²) in [5.74, 6) is -3.06. The predicted molar refractivity (Wildman–Crippen MR) is 135 cm³/mol. The van der Waals surface area contributed by atoms with Crippen LogP contribution in [0.25, 0.3) is 0 Å². The SMILES string of the molecule is CC1=C(C(=O)NOCCO)C(Nc2ccc(I)cc2F)=C(F)C(F)/C1=N/OCCN1CCC[C@H]1CO. The summed E-state index contributed by atoms with van der Waals surface area (Å²) in [6.07, 6.45) is -0.563. The molecule has 4 N–H and O–H groups in total. The number of likely N-dealkylation sites (tertiary alicyclic amines) is 1. The van der Waals surface area contributed by atoms with Crippen molar-refractivity contribution in [2.45, 2.75) is 32.0 Å². The van der Waals surface area contributed by atoms with Crippen molar-refractivity contribution in [3.63, 3.8) is 0 Å². The van der Waals surface area contributed by atoms with Gasteiger partial charge in [-0.3, -0.25) is 14.5 Å². The molecule has 0 spiro atoms. The van der Waals surface area contributed by atoms with Gasteiger partial charge in [0.2, 0.25) is 0 Å². The van der Waals surface area contributed by atoms with Crippen LogP contribution in [-0.2, 0) is 14.5 Å². The smallest absolute Gasteiger partial charge is 0.277 e. The number of benzene rings is 1. The number of nitrogens with one attached hydrogen (secondary N) is 2. The van der Waals surface area contributed by atoms with Crippen LogP contribution in [-0.4, -0.2) is 78.5 Å². The number of amides is 1. The van der Waals surface area contributed by atoms with Gasteiger partial charge in [-0.25, -0.2) is 18.7 Å². The summed E-state index contributed by atoms with van der Waals surface area (Å²) in [4.78, 5) is 24.9. The molecular formula is C23H28F3IN4O5. The predicted octanol–water partition coefficient (Wildman–Crippen LogP) is 2.56. The van der Waals surface area contributed by atoms with Gasteiger partial charge in [0.1, 0.15) is 18.1 Å². The first-order chi connectivity index (χ1) is 17.3.